The zero-order valence-electron chi connectivity index (χ0n) is 18.8. The van der Waals surface area contributed by atoms with E-state index in [2.05, 4.69) is 9.80 Å². The molecule has 2 aromatic carbocycles. The maximum absolute atomic E-state index is 13.8. The van der Waals surface area contributed by atoms with Crippen LogP contribution in [0.5, 0.6) is 5.75 Å². The number of rotatable bonds is 7. The van der Waals surface area contributed by atoms with Crippen LogP contribution in [0.3, 0.4) is 0 Å². The van der Waals surface area contributed by atoms with E-state index < -0.39 is 6.04 Å². The first-order valence-corrected chi connectivity index (χ1v) is 11.7. The van der Waals surface area contributed by atoms with Crippen molar-refractivity contribution in [3.8, 4) is 5.75 Å². The summed E-state index contributed by atoms with van der Waals surface area (Å²) in [5.41, 5.74) is 2.86. The van der Waals surface area contributed by atoms with Gasteiger partial charge in [-0.05, 0) is 36.2 Å². The second-order valence-electron chi connectivity index (χ2n) is 8.52. The second kappa shape index (κ2) is 10.5. The van der Waals surface area contributed by atoms with E-state index in [0.717, 1.165) is 37.3 Å². The number of aliphatic hydroxyl groups excluding tert-OH is 1. The number of halogens is 1. The molecule has 33 heavy (non-hydrogen) atoms. The van der Waals surface area contributed by atoms with Crippen molar-refractivity contribution in [3.63, 3.8) is 0 Å². The zero-order chi connectivity index (χ0) is 23.4. The predicted octanol–water partition coefficient (Wildman–Crippen LogP) is 3.26. The van der Waals surface area contributed by atoms with Crippen LogP contribution in [0.1, 0.15) is 28.4 Å². The Morgan fingerprint density at radius 3 is 2.30 bits per heavy atom. The van der Waals surface area contributed by atoms with E-state index in [4.69, 9.17) is 11.6 Å². The van der Waals surface area contributed by atoms with Gasteiger partial charge in [0.1, 0.15) is 5.75 Å². The minimum absolute atomic E-state index is 0.0135. The number of hydrogen-bond donors (Lipinski definition) is 2. The molecule has 1 saturated heterocycles. The molecule has 0 radical (unpaired) electrons. The van der Waals surface area contributed by atoms with Gasteiger partial charge in [-0.15, -0.1) is 0 Å². The quantitative estimate of drug-likeness (QED) is 0.558. The highest BCUT2D eigenvalue weighted by atomic mass is 35.5. The lowest BCUT2D eigenvalue weighted by molar-refractivity contribution is 0.0932. The van der Waals surface area contributed by atoms with Gasteiger partial charge in [0.25, 0.3) is 5.56 Å². The molecule has 2 N–H and O–H groups in total. The second-order valence-corrected chi connectivity index (χ2v) is 8.95. The zero-order valence-corrected chi connectivity index (χ0v) is 19.6. The van der Waals surface area contributed by atoms with E-state index in [9.17, 15) is 15.0 Å². The van der Waals surface area contributed by atoms with Crippen LogP contribution in [0, 0.1) is 6.92 Å². The summed E-state index contributed by atoms with van der Waals surface area (Å²) < 4.78 is 1.73. The van der Waals surface area contributed by atoms with Crippen LogP contribution in [-0.2, 0) is 6.54 Å². The highest BCUT2D eigenvalue weighted by Gasteiger charge is 2.31. The van der Waals surface area contributed by atoms with E-state index in [1.54, 1.807) is 10.6 Å². The Labute approximate surface area is 199 Å². The number of pyridine rings is 1. The molecule has 0 saturated carbocycles. The fraction of sp³-hybridized carbons (Fsp3) is 0.346. The summed E-state index contributed by atoms with van der Waals surface area (Å²) in [6, 6.07) is 18.6. The molecule has 0 spiro atoms. The molecule has 4 rings (SSSR count). The van der Waals surface area contributed by atoms with E-state index >= 15 is 0 Å². The van der Waals surface area contributed by atoms with Crippen LogP contribution in [0.2, 0.25) is 5.02 Å². The van der Waals surface area contributed by atoms with E-state index in [0.29, 0.717) is 29.4 Å². The largest absolute Gasteiger partial charge is 0.507 e. The van der Waals surface area contributed by atoms with Gasteiger partial charge >= 0.3 is 0 Å². The number of aromatic nitrogens is 1. The van der Waals surface area contributed by atoms with Crippen LogP contribution in [0.15, 0.2) is 65.5 Å². The monoisotopic (exact) mass is 467 g/mol. The van der Waals surface area contributed by atoms with Gasteiger partial charge in [-0.25, -0.2) is 0 Å². The Kier molecular flexibility index (Phi) is 7.50. The van der Waals surface area contributed by atoms with E-state index in [1.165, 1.54) is 0 Å². The lowest BCUT2D eigenvalue weighted by Crippen LogP contribution is -2.49. The van der Waals surface area contributed by atoms with Gasteiger partial charge in [-0.3, -0.25) is 14.6 Å². The average Bonchev–Trinajstić information content (AvgIpc) is 2.82. The van der Waals surface area contributed by atoms with E-state index in [1.807, 2.05) is 61.5 Å². The molecule has 3 aromatic rings. The molecular formula is C26H30ClN3O3. The van der Waals surface area contributed by atoms with Crippen molar-refractivity contribution in [1.82, 2.24) is 14.4 Å². The number of piperazine rings is 1. The van der Waals surface area contributed by atoms with Gasteiger partial charge in [0.15, 0.2) is 0 Å². The van der Waals surface area contributed by atoms with Gasteiger partial charge in [0.05, 0.1) is 24.8 Å². The number of β-amino-alcohol motifs (C(OH)–C–C–N with tert-alkyl or cyclic N) is 1. The molecule has 1 aliphatic heterocycles. The van der Waals surface area contributed by atoms with Crippen LogP contribution in [0.4, 0.5) is 0 Å². The summed E-state index contributed by atoms with van der Waals surface area (Å²) in [4.78, 5) is 18.3. The summed E-state index contributed by atoms with van der Waals surface area (Å²) >= 11 is 6.14. The first kappa shape index (κ1) is 23.5. The molecule has 2 heterocycles. The summed E-state index contributed by atoms with van der Waals surface area (Å²) in [5, 5.41) is 20.9. The highest BCUT2D eigenvalue weighted by molar-refractivity contribution is 6.30. The van der Waals surface area contributed by atoms with Crippen molar-refractivity contribution < 1.29 is 10.2 Å². The number of hydrogen-bond acceptors (Lipinski definition) is 5. The van der Waals surface area contributed by atoms with Crippen molar-refractivity contribution >= 4 is 11.6 Å². The Bertz CT molecular complexity index is 1120. The van der Waals surface area contributed by atoms with Crippen LogP contribution < -0.4 is 5.56 Å². The number of aromatic hydroxyl groups is 1. The summed E-state index contributed by atoms with van der Waals surface area (Å²) in [5.74, 6) is 0.0135. The van der Waals surface area contributed by atoms with E-state index in [-0.39, 0.29) is 17.9 Å². The minimum Gasteiger partial charge on any atom is -0.507 e. The molecule has 0 bridgehead atoms. The molecule has 1 atom stereocenters. The molecule has 7 heteroatoms. The molecule has 1 aliphatic rings. The lowest BCUT2D eigenvalue weighted by atomic mass is 9.96. The topological polar surface area (TPSA) is 68.9 Å². The van der Waals surface area contributed by atoms with Crippen LogP contribution in [0.25, 0.3) is 0 Å². The molecule has 174 valence electrons. The number of benzene rings is 2. The predicted molar refractivity (Wildman–Crippen MR) is 131 cm³/mol. The fourth-order valence-corrected chi connectivity index (χ4v) is 4.71. The lowest BCUT2D eigenvalue weighted by Gasteiger charge is -2.39. The standard InChI is InChI=1S/C26H30ClN3O3/c1-19-17-23(32)24(26(33)30(19)18-20-5-3-2-4-6-20)25(21-7-9-22(27)10-8-21)29-13-11-28(12-14-29)15-16-31/h2-10,17,25,31-32H,11-16,18H2,1H3. The molecule has 1 unspecified atom stereocenters. The maximum Gasteiger partial charge on any atom is 0.259 e. The van der Waals surface area contributed by atoms with Crippen molar-refractivity contribution in [3.05, 3.63) is 98.4 Å². The van der Waals surface area contributed by atoms with Crippen molar-refractivity contribution in [1.29, 1.82) is 0 Å². The Morgan fingerprint density at radius 2 is 1.67 bits per heavy atom. The van der Waals surface area contributed by atoms with Crippen LogP contribution in [-0.4, -0.2) is 63.9 Å². The first-order valence-electron chi connectivity index (χ1n) is 11.3. The smallest absolute Gasteiger partial charge is 0.259 e. The average molecular weight is 468 g/mol. The first-order chi connectivity index (χ1) is 16.0. The third-order valence-electron chi connectivity index (χ3n) is 6.35. The third-order valence-corrected chi connectivity index (χ3v) is 6.61. The molecule has 0 amide bonds. The summed E-state index contributed by atoms with van der Waals surface area (Å²) in [7, 11) is 0. The Hall–Kier alpha value is -2.64. The number of aryl methyl sites for hydroxylation is 1. The fourth-order valence-electron chi connectivity index (χ4n) is 4.58. The molecule has 1 aromatic heterocycles. The van der Waals surface area contributed by atoms with Gasteiger partial charge in [-0.1, -0.05) is 54.1 Å². The summed E-state index contributed by atoms with van der Waals surface area (Å²) in [6.07, 6.45) is 0. The van der Waals surface area contributed by atoms with Crippen molar-refractivity contribution in [2.75, 3.05) is 39.3 Å². The summed E-state index contributed by atoms with van der Waals surface area (Å²) in [6.45, 7) is 6.07. The molecular weight excluding hydrogens is 438 g/mol. The third kappa shape index (κ3) is 5.31. The minimum atomic E-state index is -0.395. The van der Waals surface area contributed by atoms with Crippen molar-refractivity contribution in [2.45, 2.75) is 19.5 Å². The molecule has 0 aliphatic carbocycles. The SMILES string of the molecule is Cc1cc(O)c(C(c2ccc(Cl)cc2)N2CCN(CCO)CC2)c(=O)n1Cc1ccccc1. The van der Waals surface area contributed by atoms with Gasteiger partial charge in [0.2, 0.25) is 0 Å². The van der Waals surface area contributed by atoms with Crippen molar-refractivity contribution in [2.24, 2.45) is 0 Å². The Balaban J connectivity index is 1.77. The van der Waals surface area contributed by atoms with Gasteiger partial charge in [0, 0.05) is 43.4 Å². The number of aliphatic hydroxyl groups is 1. The molecule has 6 nitrogen and oxygen atoms in total. The Morgan fingerprint density at radius 1 is 1.00 bits per heavy atom. The van der Waals surface area contributed by atoms with Gasteiger partial charge in [-0.2, -0.15) is 0 Å². The van der Waals surface area contributed by atoms with Crippen LogP contribution >= 0.6 is 11.6 Å². The maximum atomic E-state index is 13.8. The highest BCUT2D eigenvalue weighted by Crippen LogP contribution is 2.34. The normalized spacial score (nSPS) is 16.1. The van der Waals surface area contributed by atoms with Gasteiger partial charge < -0.3 is 14.8 Å². The molecule has 1 fully saturated rings. The number of nitrogens with zero attached hydrogens (tertiary/aromatic N) is 3.